The smallest absolute Gasteiger partial charge is 0.151 e. The van der Waals surface area contributed by atoms with Crippen LogP contribution in [0.3, 0.4) is 0 Å². The van der Waals surface area contributed by atoms with Crippen molar-refractivity contribution in [1.29, 1.82) is 0 Å². The molecule has 0 saturated carbocycles. The molecule has 5 aromatic carbocycles. The molecule has 3 aromatic heterocycles. The molecule has 0 aliphatic rings. The number of benzene rings is 5. The molecule has 0 aliphatic heterocycles. The van der Waals surface area contributed by atoms with Crippen LogP contribution in [0.25, 0.3) is 83.0 Å². The molecule has 3 heterocycles. The average Bonchev–Trinajstić information content (AvgIpc) is 3.70. The van der Waals surface area contributed by atoms with E-state index in [0.717, 1.165) is 0 Å². The molecule has 0 bridgehead atoms. The Kier molecular flexibility index (Phi) is 13.5. The van der Waals surface area contributed by atoms with E-state index in [1.165, 1.54) is 0 Å². The molecule has 0 atom stereocenters. The Hall–Kier alpha value is -5.14. The Bertz CT molecular complexity index is 3680. The second-order valence-corrected chi connectivity index (χ2v) is 16.1. The molecule has 0 saturated heterocycles. The Morgan fingerprint density at radius 2 is 0.899 bits per heavy atom. The first-order valence-corrected chi connectivity index (χ1v) is 20.4. The second-order valence-electron chi connectivity index (χ2n) is 16.1. The number of allylic oxidation sites excluding steroid dienone is 4. The molecule has 268 valence electrons. The van der Waals surface area contributed by atoms with Crippen LogP contribution in [0, 0.1) is 12.3 Å². The summed E-state index contributed by atoms with van der Waals surface area (Å²) in [5, 5.41) is 1.47. The zero-order valence-corrected chi connectivity index (χ0v) is 36.7. The molecule has 8 rings (SSSR count). The van der Waals surface area contributed by atoms with Crippen molar-refractivity contribution in [2.75, 3.05) is 0 Å². The minimum Gasteiger partial charge on any atom is -0.454 e. The van der Waals surface area contributed by atoms with Gasteiger partial charge in [0.05, 0.1) is 30.1 Å². The Morgan fingerprint density at radius 3 is 1.41 bits per heavy atom. The van der Waals surface area contributed by atoms with Gasteiger partial charge >= 0.3 is 0 Å². The molecule has 3 nitrogen and oxygen atoms in total. The predicted molar refractivity (Wildman–Crippen MR) is 311 cm³/mol. The fourth-order valence-corrected chi connectivity index (χ4v) is 8.52. The van der Waals surface area contributed by atoms with Crippen molar-refractivity contribution in [3.63, 3.8) is 0 Å². The van der Waals surface area contributed by atoms with Crippen LogP contribution < -0.4 is 93.0 Å². The first-order valence-electron chi connectivity index (χ1n) is 20.4. The molecule has 8 aromatic rings. The quantitative estimate of drug-likeness (QED) is 0.0696. The lowest BCUT2D eigenvalue weighted by Gasteiger charge is -2.24. The van der Waals surface area contributed by atoms with Gasteiger partial charge in [-0.3, -0.25) is 4.98 Å². The summed E-state index contributed by atoms with van der Waals surface area (Å²) in [5.41, 5.74) is -0.0841. The van der Waals surface area contributed by atoms with Crippen LogP contribution in [0.4, 0.5) is 0 Å². The number of aromatic nitrogens is 2. The van der Waals surface area contributed by atoms with Gasteiger partial charge in [-0.1, -0.05) is 109 Å². The monoisotopic (exact) mass is 824 g/mol. The van der Waals surface area contributed by atoms with Crippen LogP contribution in [-0.4, -0.2) is 175 Å². The van der Waals surface area contributed by atoms with E-state index in [2.05, 4.69) is 10.9 Å². The van der Waals surface area contributed by atoms with E-state index < -0.39 is 0 Å². The molecule has 69 heavy (non-hydrogen) atoms. The lowest BCUT2D eigenvalue weighted by Crippen LogP contribution is -2.55. The molecular formula is C45H9B21N2O. The largest absolute Gasteiger partial charge is 0.454 e. The topological polar surface area (TPSA) is 38.9 Å². The summed E-state index contributed by atoms with van der Waals surface area (Å²) in [6.45, 7) is 0. The molecule has 0 aliphatic carbocycles. The summed E-state index contributed by atoms with van der Waals surface area (Å²) in [6.07, 6.45) is 6.07. The summed E-state index contributed by atoms with van der Waals surface area (Å²) in [4.78, 5) is 9.55. The SMILES string of the molecule is [B]C/C([B])=C([B])\C([B])=C(/C#C)c1oc(-c2c([B])c([B])c([B])c([B])c2[B])c(-c2ccc(-c3nc4c(c([B])c3[B])c([B])c([B])c3c([B])c([B])c([B])nc34)c3ccccc23)c1-c1c([B])c([B])c([B])c([B])c1[B]. The van der Waals surface area contributed by atoms with E-state index in [1.54, 1.807) is 36.4 Å². The number of pyridine rings is 2. The van der Waals surface area contributed by atoms with Crippen molar-refractivity contribution in [2.45, 2.75) is 6.32 Å². The van der Waals surface area contributed by atoms with Crippen LogP contribution in [0.5, 0.6) is 0 Å². The number of hydrogen-bond acceptors (Lipinski definition) is 3. The normalized spacial score (nSPS) is 12.3. The Balaban J connectivity index is 1.61. The van der Waals surface area contributed by atoms with E-state index in [1.807, 2.05) is 0 Å². The van der Waals surface area contributed by atoms with Crippen molar-refractivity contribution in [3.05, 3.63) is 58.6 Å². The third kappa shape index (κ3) is 7.62. The molecule has 0 spiro atoms. The van der Waals surface area contributed by atoms with Gasteiger partial charge in [-0.2, -0.15) is 0 Å². The van der Waals surface area contributed by atoms with Crippen molar-refractivity contribution < 1.29 is 4.42 Å². The molecule has 0 unspecified atom stereocenters. The van der Waals surface area contributed by atoms with Crippen LogP contribution in [0.2, 0.25) is 6.32 Å². The molecule has 24 heteroatoms. The highest BCUT2D eigenvalue weighted by Gasteiger charge is 2.32. The number of furan rings is 1. The molecule has 42 radical (unpaired) electrons. The third-order valence-corrected chi connectivity index (χ3v) is 12.4. The first kappa shape index (κ1) is 50.3. The standard InChI is InChI=1S/C45H9B21N2O/c1-2-10(22(48)23(49)15(47)9-46)43-17(18-24(50)32(58)36(62)33(59)25(18)51)16(44(69-43)21-30(56)34(60)37(63)35(61)31(21)57)13-7-8-14(12-6-4-3-5-11(12)13)40-38(64)28(54)19-26(52)27(53)20-29(55)39(65)45(66)68-42(20)41(19)67-40/h1,3-8H,9H2/b22-10-,23-15-. The van der Waals surface area contributed by atoms with Gasteiger partial charge in [-0.05, 0) is 38.3 Å². The van der Waals surface area contributed by atoms with Crippen LogP contribution >= 0.6 is 0 Å². The van der Waals surface area contributed by atoms with Crippen molar-refractivity contribution in [2.24, 2.45) is 0 Å². The van der Waals surface area contributed by atoms with E-state index in [0.29, 0.717) is 21.9 Å². The van der Waals surface area contributed by atoms with Gasteiger partial charge in [0.1, 0.15) is 163 Å². The van der Waals surface area contributed by atoms with Crippen molar-refractivity contribution >= 4 is 296 Å². The third-order valence-electron chi connectivity index (χ3n) is 12.4. The van der Waals surface area contributed by atoms with E-state index in [4.69, 9.17) is 181 Å². The lowest BCUT2D eigenvalue weighted by atomic mass is 9.58. The maximum atomic E-state index is 6.87. The van der Waals surface area contributed by atoms with Gasteiger partial charge < -0.3 is 4.42 Å². The van der Waals surface area contributed by atoms with E-state index >= 15 is 0 Å². The number of hydrogen-bond donors (Lipinski definition) is 0. The summed E-state index contributed by atoms with van der Waals surface area (Å²) in [6, 6.07) is 10.6. The van der Waals surface area contributed by atoms with Crippen LogP contribution in [0.1, 0.15) is 5.76 Å². The Labute approximate surface area is 429 Å². The maximum absolute atomic E-state index is 6.87. The van der Waals surface area contributed by atoms with Crippen LogP contribution in [0.15, 0.2) is 57.2 Å². The minimum atomic E-state index is -0.231. The van der Waals surface area contributed by atoms with Crippen LogP contribution in [-0.2, 0) is 0 Å². The number of terminal acetylenes is 1. The zero-order valence-electron chi connectivity index (χ0n) is 36.7. The summed E-state index contributed by atoms with van der Waals surface area (Å²) >= 11 is 0. The lowest BCUT2D eigenvalue weighted by molar-refractivity contribution is 0.571. The fourth-order valence-electron chi connectivity index (χ4n) is 8.52. The maximum Gasteiger partial charge on any atom is 0.151 e. The highest BCUT2D eigenvalue weighted by molar-refractivity contribution is 6.71. The second kappa shape index (κ2) is 18.6. The summed E-state index contributed by atoms with van der Waals surface area (Å²) < 4.78 is 6.87. The Morgan fingerprint density at radius 1 is 0.464 bits per heavy atom. The summed E-state index contributed by atoms with van der Waals surface area (Å²) in [7, 11) is 137. The van der Waals surface area contributed by atoms with Gasteiger partial charge in [-0.15, -0.1) is 50.1 Å². The van der Waals surface area contributed by atoms with Gasteiger partial charge in [0.2, 0.25) is 0 Å². The predicted octanol–water partition coefficient (Wildman–Crippen LogP) is -10.7. The van der Waals surface area contributed by atoms with E-state index in [9.17, 15) is 0 Å². The molecule has 0 N–H and O–H groups in total. The van der Waals surface area contributed by atoms with Gasteiger partial charge in [0.25, 0.3) is 0 Å². The van der Waals surface area contributed by atoms with Gasteiger partial charge in [-0.25, -0.2) is 4.98 Å². The number of nitrogens with zero attached hydrogens (tertiary/aromatic N) is 2. The van der Waals surface area contributed by atoms with Gasteiger partial charge in [0, 0.05) is 22.3 Å². The highest BCUT2D eigenvalue weighted by atomic mass is 16.3. The fraction of sp³-hybridized carbons (Fsp3) is 0.0222. The zero-order chi connectivity index (χ0) is 50.6. The van der Waals surface area contributed by atoms with E-state index in [-0.39, 0.29) is 183 Å². The molecule has 0 amide bonds. The average molecular weight is 821 g/mol. The minimum absolute atomic E-state index is 0.000534. The van der Waals surface area contributed by atoms with Gasteiger partial charge in [0.15, 0.2) is 5.76 Å². The molecular weight excluding hydrogens is 812 g/mol. The number of rotatable bonds is 7. The van der Waals surface area contributed by atoms with Crippen molar-refractivity contribution in [3.8, 4) is 57.2 Å². The summed E-state index contributed by atoms with van der Waals surface area (Å²) in [5.74, 6) is 2.29. The first-order chi connectivity index (χ1) is 32.5. The molecule has 0 fully saturated rings. The highest BCUT2D eigenvalue weighted by Crippen LogP contribution is 2.48. The number of fused-ring (bicyclic) bond motifs is 4. The van der Waals surface area contributed by atoms with Crippen molar-refractivity contribution in [1.82, 2.24) is 9.97 Å².